The van der Waals surface area contributed by atoms with Crippen molar-refractivity contribution in [1.29, 1.82) is 0 Å². The molecule has 0 atom stereocenters. The number of hydrogen-bond acceptors (Lipinski definition) is 5. The van der Waals surface area contributed by atoms with E-state index >= 15 is 0 Å². The van der Waals surface area contributed by atoms with Crippen LogP contribution >= 0.6 is 11.6 Å². The van der Waals surface area contributed by atoms with Gasteiger partial charge in [-0.3, -0.25) is 10.1 Å². The van der Waals surface area contributed by atoms with Gasteiger partial charge in [0.05, 0.1) is 15.6 Å². The Hall–Kier alpha value is -3.43. The minimum absolute atomic E-state index is 0.0810. The molecule has 0 heterocycles. The average Bonchev–Trinajstić information content (AvgIpc) is 2.72. The molecule has 0 fully saturated rings. The Morgan fingerprint density at radius 1 is 0.969 bits per heavy atom. The van der Waals surface area contributed by atoms with Gasteiger partial charge in [0.25, 0.3) is 5.69 Å². The van der Waals surface area contributed by atoms with Gasteiger partial charge in [-0.25, -0.2) is 13.2 Å². The number of nitro groups is 1. The molecule has 0 saturated carbocycles. The van der Waals surface area contributed by atoms with Gasteiger partial charge in [0.2, 0.25) is 0 Å². The predicted octanol–water partition coefficient (Wildman–Crippen LogP) is 5.48. The lowest BCUT2D eigenvalue weighted by Gasteiger charge is -2.13. The number of carbonyl (C=O) groups excluding carboxylic acids is 1. The largest absolute Gasteiger partial charge is 0.323 e. The number of rotatable bonds is 6. The minimum Gasteiger partial charge on any atom is -0.308 e. The van der Waals surface area contributed by atoms with Crippen molar-refractivity contribution in [3.05, 3.63) is 92.5 Å². The summed E-state index contributed by atoms with van der Waals surface area (Å²) < 4.78 is 25.9. The molecule has 32 heavy (non-hydrogen) atoms. The molecule has 0 saturated heterocycles. The van der Waals surface area contributed by atoms with Gasteiger partial charge in [0.15, 0.2) is 9.84 Å². The molecule has 166 valence electrons. The van der Waals surface area contributed by atoms with Crippen molar-refractivity contribution in [2.24, 2.45) is 0 Å². The van der Waals surface area contributed by atoms with Crippen molar-refractivity contribution in [1.82, 2.24) is 0 Å². The average molecular weight is 474 g/mol. The number of nitro benzene ring substituents is 1. The van der Waals surface area contributed by atoms with Gasteiger partial charge in [-0.1, -0.05) is 29.8 Å². The maximum atomic E-state index is 13.0. The van der Waals surface area contributed by atoms with Crippen LogP contribution in [0.3, 0.4) is 0 Å². The summed E-state index contributed by atoms with van der Waals surface area (Å²) in [5.74, 6) is -0.206. The molecule has 2 amide bonds. The number of nitrogens with one attached hydrogen (secondary N) is 2. The number of anilines is 2. The number of aryl methyl sites for hydroxylation is 2. The zero-order valence-corrected chi connectivity index (χ0v) is 18.8. The second-order valence-electron chi connectivity index (χ2n) is 7.20. The Morgan fingerprint density at radius 2 is 1.66 bits per heavy atom. The molecule has 3 rings (SSSR count). The van der Waals surface area contributed by atoms with Crippen LogP contribution in [0.5, 0.6) is 0 Å². The van der Waals surface area contributed by atoms with Crippen molar-refractivity contribution >= 4 is 44.5 Å². The number of carbonyl (C=O) groups is 1. The maximum absolute atomic E-state index is 13.0. The van der Waals surface area contributed by atoms with E-state index in [0.717, 1.165) is 0 Å². The van der Waals surface area contributed by atoms with E-state index in [0.29, 0.717) is 33.1 Å². The van der Waals surface area contributed by atoms with Gasteiger partial charge < -0.3 is 10.6 Å². The second kappa shape index (κ2) is 9.37. The van der Waals surface area contributed by atoms with Crippen LogP contribution in [-0.2, 0) is 15.6 Å². The lowest BCUT2D eigenvalue weighted by Crippen LogP contribution is -2.20. The summed E-state index contributed by atoms with van der Waals surface area (Å²) in [5, 5.41) is 16.6. The third-order valence-corrected chi connectivity index (χ3v) is 6.80. The second-order valence-corrected chi connectivity index (χ2v) is 9.60. The third kappa shape index (κ3) is 5.63. The third-order valence-electron chi connectivity index (χ3n) is 4.72. The number of sulfone groups is 1. The molecular weight excluding hydrogens is 454 g/mol. The van der Waals surface area contributed by atoms with Crippen molar-refractivity contribution in [2.45, 2.75) is 24.5 Å². The fourth-order valence-corrected chi connectivity index (χ4v) is 4.85. The molecule has 0 bridgehead atoms. The van der Waals surface area contributed by atoms with Crippen LogP contribution in [0.2, 0.25) is 5.02 Å². The van der Waals surface area contributed by atoms with Crippen LogP contribution in [-0.4, -0.2) is 19.4 Å². The van der Waals surface area contributed by atoms with Gasteiger partial charge in [-0.2, -0.15) is 0 Å². The summed E-state index contributed by atoms with van der Waals surface area (Å²) in [7, 11) is -3.67. The minimum atomic E-state index is -3.67. The Balaban J connectivity index is 1.77. The molecule has 3 aromatic carbocycles. The van der Waals surface area contributed by atoms with E-state index in [-0.39, 0.29) is 16.3 Å². The van der Waals surface area contributed by atoms with Crippen molar-refractivity contribution in [3.63, 3.8) is 0 Å². The van der Waals surface area contributed by atoms with Crippen molar-refractivity contribution in [2.75, 3.05) is 10.6 Å². The monoisotopic (exact) mass is 473 g/mol. The number of amides is 2. The standard InChI is InChI=1S/C22H20ClN3O5S/c1-14-3-8-18(12-21(14)32(30,31)13-16-4-6-17(23)7-5-16)24-22(27)25-20-10-9-19(26(28)29)11-15(20)2/h3-12H,13H2,1-2H3,(H2,24,25,27). The summed E-state index contributed by atoms with van der Waals surface area (Å²) in [5.41, 5.74) is 2.28. The molecule has 0 aromatic heterocycles. The highest BCUT2D eigenvalue weighted by Crippen LogP contribution is 2.25. The molecule has 2 N–H and O–H groups in total. The van der Waals surface area contributed by atoms with E-state index in [9.17, 15) is 23.3 Å². The number of hydrogen-bond donors (Lipinski definition) is 2. The zero-order valence-electron chi connectivity index (χ0n) is 17.3. The Bertz CT molecular complexity index is 1290. The lowest BCUT2D eigenvalue weighted by atomic mass is 10.2. The topological polar surface area (TPSA) is 118 Å². The highest BCUT2D eigenvalue weighted by atomic mass is 35.5. The highest BCUT2D eigenvalue weighted by molar-refractivity contribution is 7.90. The van der Waals surface area contributed by atoms with Gasteiger partial charge in [-0.15, -0.1) is 0 Å². The van der Waals surface area contributed by atoms with Gasteiger partial charge in [0, 0.05) is 28.5 Å². The lowest BCUT2D eigenvalue weighted by molar-refractivity contribution is -0.384. The summed E-state index contributed by atoms with van der Waals surface area (Å²) in [4.78, 5) is 22.8. The van der Waals surface area contributed by atoms with Crippen LogP contribution < -0.4 is 10.6 Å². The van der Waals surface area contributed by atoms with E-state index in [2.05, 4.69) is 10.6 Å². The smallest absolute Gasteiger partial charge is 0.308 e. The van der Waals surface area contributed by atoms with Crippen LogP contribution in [0.1, 0.15) is 16.7 Å². The van der Waals surface area contributed by atoms with Crippen LogP contribution in [0.4, 0.5) is 21.9 Å². The molecule has 0 aliphatic heterocycles. The number of urea groups is 1. The molecule has 10 heteroatoms. The molecule has 0 radical (unpaired) electrons. The van der Waals surface area contributed by atoms with Gasteiger partial charge >= 0.3 is 6.03 Å². The molecule has 0 aliphatic rings. The quantitative estimate of drug-likeness (QED) is 0.362. The number of nitrogens with zero attached hydrogens (tertiary/aromatic N) is 1. The highest BCUT2D eigenvalue weighted by Gasteiger charge is 2.19. The number of benzene rings is 3. The normalized spacial score (nSPS) is 11.1. The molecule has 0 spiro atoms. The molecule has 0 aliphatic carbocycles. The van der Waals surface area contributed by atoms with Crippen molar-refractivity contribution < 1.29 is 18.1 Å². The molecule has 8 nitrogen and oxygen atoms in total. The Morgan fingerprint density at radius 3 is 2.28 bits per heavy atom. The maximum Gasteiger partial charge on any atom is 0.323 e. The van der Waals surface area contributed by atoms with E-state index in [4.69, 9.17) is 11.6 Å². The van der Waals surface area contributed by atoms with E-state index < -0.39 is 20.8 Å². The fraction of sp³-hybridized carbons (Fsp3) is 0.136. The number of non-ortho nitro benzene ring substituents is 1. The summed E-state index contributed by atoms with van der Waals surface area (Å²) >= 11 is 5.86. The first-order chi connectivity index (χ1) is 15.0. The van der Waals surface area contributed by atoms with Crippen LogP contribution in [0.25, 0.3) is 0 Å². The first kappa shape index (κ1) is 23.2. The van der Waals surface area contributed by atoms with E-state index in [1.807, 2.05) is 0 Å². The first-order valence-corrected chi connectivity index (χ1v) is 11.5. The van der Waals surface area contributed by atoms with Gasteiger partial charge in [0.1, 0.15) is 0 Å². The molecule has 0 unspecified atom stereocenters. The summed E-state index contributed by atoms with van der Waals surface area (Å²) in [6.07, 6.45) is 0. The summed E-state index contributed by atoms with van der Waals surface area (Å²) in [6, 6.07) is 14.6. The van der Waals surface area contributed by atoms with Crippen LogP contribution in [0.15, 0.2) is 65.6 Å². The van der Waals surface area contributed by atoms with Crippen molar-refractivity contribution in [3.8, 4) is 0 Å². The fourth-order valence-electron chi connectivity index (χ4n) is 3.08. The SMILES string of the molecule is Cc1cc([N+](=O)[O-])ccc1NC(=O)Nc1ccc(C)c(S(=O)(=O)Cc2ccc(Cl)cc2)c1. The molecule has 3 aromatic rings. The predicted molar refractivity (Wildman–Crippen MR) is 124 cm³/mol. The first-order valence-electron chi connectivity index (χ1n) is 9.46. The Labute approximate surface area is 190 Å². The van der Waals surface area contributed by atoms with Crippen LogP contribution in [0, 0.1) is 24.0 Å². The summed E-state index contributed by atoms with van der Waals surface area (Å²) in [6.45, 7) is 3.31. The van der Waals surface area contributed by atoms with E-state index in [1.54, 1.807) is 50.2 Å². The number of halogens is 1. The zero-order chi connectivity index (χ0) is 23.5. The van der Waals surface area contributed by atoms with E-state index in [1.165, 1.54) is 24.3 Å². The Kier molecular flexibility index (Phi) is 6.81. The molecular formula is C22H20ClN3O5S. The van der Waals surface area contributed by atoms with Gasteiger partial charge in [-0.05, 0) is 60.9 Å².